The van der Waals surface area contributed by atoms with E-state index in [4.69, 9.17) is 9.47 Å². The van der Waals surface area contributed by atoms with E-state index in [1.165, 1.54) is 65.6 Å². The van der Waals surface area contributed by atoms with Gasteiger partial charge in [-0.05, 0) is 62.5 Å². The van der Waals surface area contributed by atoms with Crippen LogP contribution in [-0.4, -0.2) is 37.3 Å². The van der Waals surface area contributed by atoms with Gasteiger partial charge in [-0.15, -0.1) is 11.8 Å². The highest BCUT2D eigenvalue weighted by atomic mass is 35.5. The number of unbranched alkanes of at least 4 members (excludes halogenated alkanes) is 2. The number of piperidine rings is 1. The lowest BCUT2D eigenvalue weighted by atomic mass is 10.1. The van der Waals surface area contributed by atoms with Gasteiger partial charge in [0.05, 0.1) is 24.5 Å². The number of hydrogen-bond donors (Lipinski definition) is 1. The van der Waals surface area contributed by atoms with E-state index in [2.05, 4.69) is 0 Å². The summed E-state index contributed by atoms with van der Waals surface area (Å²) >= 11 is 1.64. The highest BCUT2D eigenvalue weighted by Crippen LogP contribution is 2.33. The van der Waals surface area contributed by atoms with Crippen molar-refractivity contribution in [2.24, 2.45) is 0 Å². The molecule has 1 heterocycles. The topological polar surface area (TPSA) is 57.0 Å². The number of nitrogens with one attached hydrogen (secondary N) is 1. The van der Waals surface area contributed by atoms with Gasteiger partial charge in [-0.3, -0.25) is 9.59 Å². The molecule has 1 aromatic rings. The lowest BCUT2D eigenvalue weighted by molar-refractivity contribution is -0.905. The molecule has 0 radical (unpaired) electrons. The molecular formula is C20H30ClNO4S. The Hall–Kier alpha value is -1.24. The largest absolute Gasteiger partial charge is 1.00 e. The van der Waals surface area contributed by atoms with Crippen LogP contribution in [0.1, 0.15) is 52.4 Å². The first-order valence-corrected chi connectivity index (χ1v) is 10.5. The summed E-state index contributed by atoms with van der Waals surface area (Å²) in [7, 11) is 0. The van der Waals surface area contributed by atoms with E-state index >= 15 is 0 Å². The minimum absolute atomic E-state index is 0. The van der Waals surface area contributed by atoms with E-state index in [0.29, 0.717) is 11.5 Å². The number of esters is 2. The average Bonchev–Trinajstić information content (AvgIpc) is 2.60. The predicted octanol–water partition coefficient (Wildman–Crippen LogP) is -0.128. The van der Waals surface area contributed by atoms with Gasteiger partial charge in [-0.1, -0.05) is 0 Å². The Bertz CT molecular complexity index is 606. The van der Waals surface area contributed by atoms with Gasteiger partial charge in [0.2, 0.25) is 0 Å². The molecule has 0 unspecified atom stereocenters. The fourth-order valence-electron chi connectivity index (χ4n) is 3.21. The van der Waals surface area contributed by atoms with E-state index in [1.807, 2.05) is 0 Å². The number of quaternary nitrogens is 1. The molecule has 5 nitrogen and oxygen atoms in total. The molecule has 2 rings (SSSR count). The Morgan fingerprint density at radius 2 is 1.70 bits per heavy atom. The van der Waals surface area contributed by atoms with Crippen molar-refractivity contribution in [2.75, 3.05) is 25.4 Å². The number of carbonyl (C=O) groups is 2. The zero-order valence-electron chi connectivity index (χ0n) is 16.2. The summed E-state index contributed by atoms with van der Waals surface area (Å²) in [6.45, 7) is 6.71. The van der Waals surface area contributed by atoms with Gasteiger partial charge in [-0.25, -0.2) is 0 Å². The molecule has 0 amide bonds. The third kappa shape index (κ3) is 9.49. The van der Waals surface area contributed by atoms with Gasteiger partial charge < -0.3 is 26.8 Å². The van der Waals surface area contributed by atoms with Gasteiger partial charge >= 0.3 is 11.9 Å². The maximum Gasteiger partial charge on any atom is 0.308 e. The zero-order chi connectivity index (χ0) is 18.8. The van der Waals surface area contributed by atoms with Crippen molar-refractivity contribution in [1.29, 1.82) is 0 Å². The highest BCUT2D eigenvalue weighted by Gasteiger charge is 2.13. The molecule has 1 aliphatic heterocycles. The number of halogens is 1. The molecule has 1 fully saturated rings. The van der Waals surface area contributed by atoms with Crippen LogP contribution in [0.25, 0.3) is 0 Å². The second-order valence-corrected chi connectivity index (χ2v) is 7.90. The molecule has 27 heavy (non-hydrogen) atoms. The first kappa shape index (κ1) is 23.8. The summed E-state index contributed by atoms with van der Waals surface area (Å²) in [6, 6.07) is 5.09. The molecule has 0 bridgehead atoms. The number of carbonyl (C=O) groups excluding carboxylic acids is 2. The van der Waals surface area contributed by atoms with E-state index in [0.717, 1.165) is 17.1 Å². The average molecular weight is 416 g/mol. The van der Waals surface area contributed by atoms with E-state index < -0.39 is 0 Å². The smallest absolute Gasteiger partial charge is 0.308 e. The molecule has 1 N–H and O–H groups in total. The summed E-state index contributed by atoms with van der Waals surface area (Å²) in [5.41, 5.74) is 0. The molecule has 1 saturated heterocycles. The van der Waals surface area contributed by atoms with Crippen molar-refractivity contribution < 1.29 is 36.4 Å². The molecule has 1 aromatic carbocycles. The van der Waals surface area contributed by atoms with Gasteiger partial charge in [-0.2, -0.15) is 0 Å². The molecular weight excluding hydrogens is 386 g/mol. The van der Waals surface area contributed by atoms with Gasteiger partial charge in [0.15, 0.2) is 0 Å². The first-order valence-electron chi connectivity index (χ1n) is 9.52. The highest BCUT2D eigenvalue weighted by molar-refractivity contribution is 7.99. The SMILES string of the molecule is CC(=O)Oc1ccc(OC(C)=O)c(SCCCCC[NH+]2CCCCC2)c1.[Cl-]. The number of hydrogen-bond acceptors (Lipinski definition) is 5. The van der Waals surface area contributed by atoms with Crippen LogP contribution in [0.2, 0.25) is 0 Å². The molecule has 152 valence electrons. The Kier molecular flexibility index (Phi) is 11.5. The van der Waals surface area contributed by atoms with Crippen molar-refractivity contribution in [2.45, 2.75) is 57.3 Å². The predicted molar refractivity (Wildman–Crippen MR) is 103 cm³/mol. The maximum absolute atomic E-state index is 11.3. The monoisotopic (exact) mass is 415 g/mol. The molecule has 0 aromatic heterocycles. The standard InChI is InChI=1S/C20H29NO4S.ClH/c1-16(22)24-18-9-10-19(25-17(2)23)20(15-18)26-14-8-4-7-13-21-11-5-3-6-12-21;/h9-10,15H,3-8,11-14H2,1-2H3;1H. The van der Waals surface area contributed by atoms with Crippen molar-refractivity contribution in [1.82, 2.24) is 0 Å². The van der Waals surface area contributed by atoms with Crippen LogP contribution >= 0.6 is 11.8 Å². The Balaban J connectivity index is 0.00000364. The van der Waals surface area contributed by atoms with Gasteiger partial charge in [0.25, 0.3) is 0 Å². The number of rotatable bonds is 9. The number of ether oxygens (including phenoxy) is 2. The lowest BCUT2D eigenvalue weighted by Gasteiger charge is -2.23. The van der Waals surface area contributed by atoms with E-state index in [1.54, 1.807) is 34.9 Å². The third-order valence-corrected chi connectivity index (χ3v) is 5.55. The molecule has 1 aliphatic rings. The Morgan fingerprint density at radius 1 is 1.00 bits per heavy atom. The summed E-state index contributed by atoms with van der Waals surface area (Å²) in [5.74, 6) is 1.24. The van der Waals surface area contributed by atoms with Gasteiger partial charge in [0, 0.05) is 13.8 Å². The van der Waals surface area contributed by atoms with E-state index in [9.17, 15) is 9.59 Å². The fourth-order valence-corrected chi connectivity index (χ4v) is 4.23. The number of likely N-dealkylation sites (tertiary alicyclic amines) is 1. The summed E-state index contributed by atoms with van der Waals surface area (Å²) < 4.78 is 10.4. The molecule has 0 aliphatic carbocycles. The summed E-state index contributed by atoms with van der Waals surface area (Å²) in [5, 5.41) is 0. The number of thioether (sulfide) groups is 1. The third-order valence-electron chi connectivity index (χ3n) is 4.42. The van der Waals surface area contributed by atoms with Crippen LogP contribution in [0.5, 0.6) is 11.5 Å². The van der Waals surface area contributed by atoms with Crippen LogP contribution in [0, 0.1) is 0 Å². The normalized spacial score (nSPS) is 14.3. The van der Waals surface area contributed by atoms with Crippen molar-refractivity contribution in [3.63, 3.8) is 0 Å². The fraction of sp³-hybridized carbons (Fsp3) is 0.600. The van der Waals surface area contributed by atoms with Gasteiger partial charge in [0.1, 0.15) is 11.5 Å². The van der Waals surface area contributed by atoms with Crippen LogP contribution in [-0.2, 0) is 9.59 Å². The maximum atomic E-state index is 11.3. The lowest BCUT2D eigenvalue weighted by Crippen LogP contribution is -3.12. The quantitative estimate of drug-likeness (QED) is 0.263. The van der Waals surface area contributed by atoms with Crippen LogP contribution in [0.3, 0.4) is 0 Å². The minimum atomic E-state index is -0.360. The van der Waals surface area contributed by atoms with Crippen LogP contribution in [0.15, 0.2) is 23.1 Å². The molecule has 0 spiro atoms. The Morgan fingerprint density at radius 3 is 2.37 bits per heavy atom. The summed E-state index contributed by atoms with van der Waals surface area (Å²) in [4.78, 5) is 25.0. The molecule has 7 heteroatoms. The van der Waals surface area contributed by atoms with Crippen LogP contribution < -0.4 is 26.8 Å². The first-order chi connectivity index (χ1) is 12.5. The van der Waals surface area contributed by atoms with E-state index in [-0.39, 0.29) is 24.3 Å². The van der Waals surface area contributed by atoms with Crippen molar-refractivity contribution in [3.8, 4) is 11.5 Å². The number of benzene rings is 1. The zero-order valence-corrected chi connectivity index (χ0v) is 17.8. The second kappa shape index (κ2) is 13.0. The summed E-state index contributed by atoms with van der Waals surface area (Å²) in [6.07, 6.45) is 7.75. The van der Waals surface area contributed by atoms with Crippen molar-refractivity contribution >= 4 is 23.7 Å². The van der Waals surface area contributed by atoms with Crippen LogP contribution in [0.4, 0.5) is 0 Å². The second-order valence-electron chi connectivity index (χ2n) is 6.77. The molecule has 0 saturated carbocycles. The minimum Gasteiger partial charge on any atom is -1.00 e. The van der Waals surface area contributed by atoms with Crippen molar-refractivity contribution in [3.05, 3.63) is 18.2 Å². The molecule has 0 atom stereocenters. The Labute approximate surface area is 172 Å².